The third-order valence-electron chi connectivity index (χ3n) is 1.55. The molecule has 1 unspecified atom stereocenters. The van der Waals surface area contributed by atoms with Crippen LogP contribution in [-0.2, 0) is 24.2 Å². The van der Waals surface area contributed by atoms with Crippen molar-refractivity contribution >= 4 is 38.9 Å². The number of Topliss-reactive ketones (excluding diaryl/α,β-unsaturated/α-hetero) is 1. The molecule has 0 amide bonds. The molecule has 0 aromatic rings. The van der Waals surface area contributed by atoms with Crippen LogP contribution in [0.1, 0.15) is 6.92 Å². The molecular formula is C7H10ClNO6S. The molecule has 0 spiro atoms. The molecule has 0 aliphatic carbocycles. The number of nitrogens with zero attached hydrogens (tertiary/aromatic N) is 1. The van der Waals surface area contributed by atoms with E-state index < -0.39 is 38.6 Å². The highest BCUT2D eigenvalue weighted by Crippen LogP contribution is 2.02. The summed E-state index contributed by atoms with van der Waals surface area (Å²) in [5, 5.41) is 10.8. The molecule has 16 heavy (non-hydrogen) atoms. The lowest BCUT2D eigenvalue weighted by molar-refractivity contribution is -0.137. The van der Waals surface area contributed by atoms with Crippen LogP contribution in [0.25, 0.3) is 0 Å². The molecule has 0 aliphatic heterocycles. The molecule has 7 nitrogen and oxygen atoms in total. The van der Waals surface area contributed by atoms with Gasteiger partial charge < -0.3 is 9.94 Å². The molecule has 0 heterocycles. The number of hydrogen-bond donors (Lipinski definition) is 1. The van der Waals surface area contributed by atoms with Gasteiger partial charge in [0.1, 0.15) is 0 Å². The molecule has 0 saturated carbocycles. The number of carbonyl (C=O) groups is 2. The summed E-state index contributed by atoms with van der Waals surface area (Å²) in [5.41, 5.74) is -2.38. The van der Waals surface area contributed by atoms with E-state index in [1.54, 1.807) is 0 Å². The zero-order valence-electron chi connectivity index (χ0n) is 8.51. The van der Waals surface area contributed by atoms with Gasteiger partial charge in [-0.25, -0.2) is 13.2 Å². The highest BCUT2D eigenvalue weighted by molar-refractivity contribution is 7.91. The minimum atomic E-state index is -3.60. The van der Waals surface area contributed by atoms with Gasteiger partial charge in [-0.15, -0.1) is 11.6 Å². The highest BCUT2D eigenvalue weighted by atomic mass is 35.5. The molecule has 0 radical (unpaired) electrons. The van der Waals surface area contributed by atoms with Crippen LogP contribution in [-0.4, -0.2) is 48.7 Å². The average Bonchev–Trinajstić information content (AvgIpc) is 2.16. The van der Waals surface area contributed by atoms with Gasteiger partial charge >= 0.3 is 5.97 Å². The average molecular weight is 272 g/mol. The largest absolute Gasteiger partial charge is 0.441 e. The number of carbonyl (C=O) groups excluding carboxylic acids is 2. The number of hydrogen-bond acceptors (Lipinski definition) is 7. The Balaban J connectivity index is 4.77. The van der Waals surface area contributed by atoms with Crippen LogP contribution in [0.5, 0.6) is 0 Å². The molecule has 0 aliphatic rings. The number of rotatable bonds is 5. The minimum absolute atomic E-state index is 0.582. The fraction of sp³-hybridized carbons (Fsp3) is 0.571. The topological polar surface area (TPSA) is 110 Å². The van der Waals surface area contributed by atoms with Gasteiger partial charge in [0.05, 0.1) is 5.88 Å². The highest BCUT2D eigenvalue weighted by Gasteiger charge is 2.27. The maximum absolute atomic E-state index is 11.2. The van der Waals surface area contributed by atoms with Gasteiger partial charge in [-0.3, -0.25) is 4.79 Å². The minimum Gasteiger partial charge on any atom is -0.441 e. The normalized spacial score (nSPS) is 14.3. The van der Waals surface area contributed by atoms with E-state index in [4.69, 9.17) is 16.8 Å². The fourth-order valence-electron chi connectivity index (χ4n) is 0.568. The molecular weight excluding hydrogens is 262 g/mol. The third kappa shape index (κ3) is 4.15. The van der Waals surface area contributed by atoms with Crippen molar-refractivity contribution in [3.05, 3.63) is 0 Å². The van der Waals surface area contributed by atoms with Crippen LogP contribution in [0.15, 0.2) is 5.16 Å². The van der Waals surface area contributed by atoms with Gasteiger partial charge in [-0.1, -0.05) is 5.16 Å². The van der Waals surface area contributed by atoms with Crippen molar-refractivity contribution < 1.29 is 28.0 Å². The van der Waals surface area contributed by atoms with Gasteiger partial charge in [0, 0.05) is 6.26 Å². The van der Waals surface area contributed by atoms with E-state index in [0.717, 1.165) is 13.2 Å². The van der Waals surface area contributed by atoms with Crippen molar-refractivity contribution in [2.24, 2.45) is 5.16 Å². The Morgan fingerprint density at radius 1 is 1.50 bits per heavy atom. The zero-order valence-corrected chi connectivity index (χ0v) is 10.1. The van der Waals surface area contributed by atoms with Crippen molar-refractivity contribution in [3.8, 4) is 0 Å². The van der Waals surface area contributed by atoms with Crippen LogP contribution in [0, 0.1) is 0 Å². The van der Waals surface area contributed by atoms with Crippen molar-refractivity contribution in [1.29, 1.82) is 0 Å². The predicted octanol–water partition coefficient (Wildman–Crippen LogP) is -0.442. The van der Waals surface area contributed by atoms with Crippen molar-refractivity contribution in [3.63, 3.8) is 0 Å². The second-order valence-corrected chi connectivity index (χ2v) is 5.40. The fourth-order valence-corrected chi connectivity index (χ4v) is 0.956. The Hall–Kier alpha value is -1.15. The smallest absolute Gasteiger partial charge is 0.365 e. The van der Waals surface area contributed by atoms with E-state index >= 15 is 0 Å². The summed E-state index contributed by atoms with van der Waals surface area (Å²) < 4.78 is 26.2. The number of ether oxygens (including phenoxy) is 1. The standard InChI is InChI=1S/C7H10ClNO6S/c1-4(16(2,13)14)15-7(11)6(9-12)5(10)3-8/h4,12H,3H2,1-2H3/b9-6-. The Bertz CT molecular complexity index is 415. The lowest BCUT2D eigenvalue weighted by Crippen LogP contribution is -2.32. The number of alkyl halides is 1. The van der Waals surface area contributed by atoms with Crippen LogP contribution in [0.2, 0.25) is 0 Å². The summed E-state index contributed by atoms with van der Waals surface area (Å²) >= 11 is 5.13. The molecule has 0 fully saturated rings. The van der Waals surface area contributed by atoms with E-state index in [1.165, 1.54) is 0 Å². The molecule has 0 bridgehead atoms. The first-order valence-electron chi connectivity index (χ1n) is 3.95. The van der Waals surface area contributed by atoms with Crippen molar-refractivity contribution in [2.75, 3.05) is 12.1 Å². The van der Waals surface area contributed by atoms with Crippen LogP contribution in [0.4, 0.5) is 0 Å². The summed E-state index contributed by atoms with van der Waals surface area (Å²) in [6, 6.07) is 0. The quantitative estimate of drug-likeness (QED) is 0.181. The molecule has 1 atom stereocenters. The van der Waals surface area contributed by atoms with Crippen LogP contribution < -0.4 is 0 Å². The SMILES string of the molecule is CC(OC(=O)/C(=N\O)C(=O)CCl)S(C)(=O)=O. The lowest BCUT2D eigenvalue weighted by Gasteiger charge is -2.10. The first-order valence-corrected chi connectivity index (χ1v) is 6.44. The van der Waals surface area contributed by atoms with E-state index in [9.17, 15) is 18.0 Å². The van der Waals surface area contributed by atoms with Gasteiger partial charge in [0.2, 0.25) is 11.5 Å². The van der Waals surface area contributed by atoms with E-state index in [0.29, 0.717) is 0 Å². The number of ketones is 1. The lowest BCUT2D eigenvalue weighted by atomic mass is 10.3. The van der Waals surface area contributed by atoms with Gasteiger partial charge in [0.25, 0.3) is 0 Å². The zero-order chi connectivity index (χ0) is 12.9. The third-order valence-corrected chi connectivity index (χ3v) is 3.10. The van der Waals surface area contributed by atoms with Gasteiger partial charge in [0.15, 0.2) is 15.3 Å². The molecule has 92 valence electrons. The number of sulfone groups is 1. The van der Waals surface area contributed by atoms with E-state index in [2.05, 4.69) is 9.89 Å². The molecule has 0 saturated heterocycles. The van der Waals surface area contributed by atoms with Crippen molar-refractivity contribution in [2.45, 2.75) is 12.4 Å². The first kappa shape index (κ1) is 14.8. The first-order chi connectivity index (χ1) is 7.23. The summed E-state index contributed by atoms with van der Waals surface area (Å²) in [7, 11) is -3.60. The Morgan fingerprint density at radius 2 is 2.00 bits per heavy atom. The summed E-state index contributed by atoms with van der Waals surface area (Å²) in [4.78, 5) is 22.1. The second-order valence-electron chi connectivity index (χ2n) is 2.81. The van der Waals surface area contributed by atoms with Crippen molar-refractivity contribution in [1.82, 2.24) is 0 Å². The molecule has 0 aromatic carbocycles. The summed E-state index contributed by atoms with van der Waals surface area (Å²) in [6.45, 7) is 1.10. The molecule has 1 N–H and O–H groups in total. The maximum Gasteiger partial charge on any atom is 0.365 e. The molecule has 9 heteroatoms. The Labute approximate surface area is 96.9 Å². The number of halogens is 1. The molecule has 0 aromatic heterocycles. The number of esters is 1. The number of oxime groups is 1. The summed E-state index contributed by atoms with van der Waals surface area (Å²) in [6.07, 6.45) is 0.851. The van der Waals surface area contributed by atoms with Crippen LogP contribution in [0.3, 0.4) is 0 Å². The Kier molecular flexibility index (Phi) is 5.39. The maximum atomic E-state index is 11.2. The monoisotopic (exact) mass is 271 g/mol. The second kappa shape index (κ2) is 5.80. The van der Waals surface area contributed by atoms with Gasteiger partial charge in [-0.05, 0) is 6.92 Å². The Morgan fingerprint density at radius 3 is 2.31 bits per heavy atom. The summed E-state index contributed by atoms with van der Waals surface area (Å²) in [5.74, 6) is -2.89. The van der Waals surface area contributed by atoms with Crippen LogP contribution >= 0.6 is 11.6 Å². The molecule has 0 rings (SSSR count). The predicted molar refractivity (Wildman–Crippen MR) is 55.3 cm³/mol. The van der Waals surface area contributed by atoms with E-state index in [-0.39, 0.29) is 0 Å². The van der Waals surface area contributed by atoms with Gasteiger partial charge in [-0.2, -0.15) is 0 Å². The van der Waals surface area contributed by atoms with E-state index in [1.807, 2.05) is 0 Å².